The summed E-state index contributed by atoms with van der Waals surface area (Å²) in [7, 11) is 3.09. The maximum atomic E-state index is 12.3. The van der Waals surface area contributed by atoms with Crippen LogP contribution in [0.25, 0.3) is 11.0 Å². The monoisotopic (exact) mass is 311 g/mol. The highest BCUT2D eigenvalue weighted by atomic mass is 16.5. The SMILES string of the molecule is COc1ccc(C(=O)NCc2cc3ccccc3o2)cc1OC. The Kier molecular flexibility index (Phi) is 4.19. The molecule has 1 amide bonds. The van der Waals surface area contributed by atoms with E-state index in [9.17, 15) is 4.79 Å². The molecule has 0 bridgehead atoms. The average Bonchev–Trinajstić information content (AvgIpc) is 3.01. The molecule has 0 saturated carbocycles. The van der Waals surface area contributed by atoms with Gasteiger partial charge in [0.15, 0.2) is 11.5 Å². The highest BCUT2D eigenvalue weighted by Crippen LogP contribution is 2.27. The van der Waals surface area contributed by atoms with Crippen molar-refractivity contribution in [2.75, 3.05) is 14.2 Å². The molecule has 3 aromatic rings. The second-order valence-corrected chi connectivity index (χ2v) is 5.00. The third-order valence-corrected chi connectivity index (χ3v) is 3.55. The molecule has 5 heteroatoms. The molecular formula is C18H17NO4. The van der Waals surface area contributed by atoms with E-state index in [0.29, 0.717) is 29.4 Å². The summed E-state index contributed by atoms with van der Waals surface area (Å²) in [6.07, 6.45) is 0. The van der Waals surface area contributed by atoms with Gasteiger partial charge in [0.25, 0.3) is 5.91 Å². The second kappa shape index (κ2) is 6.44. The minimum atomic E-state index is -0.202. The number of rotatable bonds is 5. The fourth-order valence-electron chi connectivity index (χ4n) is 2.37. The van der Waals surface area contributed by atoms with Crippen LogP contribution in [0.3, 0.4) is 0 Å². The molecule has 5 nitrogen and oxygen atoms in total. The van der Waals surface area contributed by atoms with E-state index in [1.165, 1.54) is 7.11 Å². The summed E-state index contributed by atoms with van der Waals surface area (Å²) in [6.45, 7) is 0.321. The van der Waals surface area contributed by atoms with Crippen LogP contribution in [0.15, 0.2) is 52.9 Å². The quantitative estimate of drug-likeness (QED) is 0.784. The van der Waals surface area contributed by atoms with E-state index in [1.54, 1.807) is 25.3 Å². The van der Waals surface area contributed by atoms with E-state index in [1.807, 2.05) is 30.3 Å². The molecule has 0 radical (unpaired) electrons. The van der Waals surface area contributed by atoms with Crippen molar-refractivity contribution in [1.82, 2.24) is 5.32 Å². The number of benzene rings is 2. The zero-order chi connectivity index (χ0) is 16.2. The summed E-state index contributed by atoms with van der Waals surface area (Å²) in [6, 6.07) is 14.7. The number of hydrogen-bond acceptors (Lipinski definition) is 4. The lowest BCUT2D eigenvalue weighted by Crippen LogP contribution is -2.22. The van der Waals surface area contributed by atoms with Crippen molar-refractivity contribution < 1.29 is 18.7 Å². The number of para-hydroxylation sites is 1. The van der Waals surface area contributed by atoms with E-state index in [4.69, 9.17) is 13.9 Å². The van der Waals surface area contributed by atoms with E-state index < -0.39 is 0 Å². The first-order valence-corrected chi connectivity index (χ1v) is 7.19. The molecule has 0 aliphatic carbocycles. The lowest BCUT2D eigenvalue weighted by molar-refractivity contribution is 0.0948. The fraction of sp³-hybridized carbons (Fsp3) is 0.167. The van der Waals surface area contributed by atoms with Gasteiger partial charge in [0, 0.05) is 10.9 Å². The van der Waals surface area contributed by atoms with Gasteiger partial charge in [-0.1, -0.05) is 18.2 Å². The van der Waals surface area contributed by atoms with Gasteiger partial charge in [-0.25, -0.2) is 0 Å². The Balaban J connectivity index is 1.71. The Morgan fingerprint density at radius 3 is 2.57 bits per heavy atom. The number of fused-ring (bicyclic) bond motifs is 1. The average molecular weight is 311 g/mol. The first-order chi connectivity index (χ1) is 11.2. The van der Waals surface area contributed by atoms with Crippen LogP contribution in [-0.4, -0.2) is 20.1 Å². The zero-order valence-corrected chi connectivity index (χ0v) is 13.0. The van der Waals surface area contributed by atoms with Crippen LogP contribution in [0.5, 0.6) is 11.5 Å². The van der Waals surface area contributed by atoms with Crippen molar-refractivity contribution in [3.63, 3.8) is 0 Å². The summed E-state index contributed by atoms with van der Waals surface area (Å²) in [5, 5.41) is 3.85. The third-order valence-electron chi connectivity index (χ3n) is 3.55. The molecular weight excluding hydrogens is 294 g/mol. The Morgan fingerprint density at radius 2 is 1.83 bits per heavy atom. The van der Waals surface area contributed by atoms with Gasteiger partial charge >= 0.3 is 0 Å². The molecule has 2 aromatic carbocycles. The molecule has 23 heavy (non-hydrogen) atoms. The van der Waals surface area contributed by atoms with Crippen molar-refractivity contribution >= 4 is 16.9 Å². The highest BCUT2D eigenvalue weighted by Gasteiger charge is 2.11. The second-order valence-electron chi connectivity index (χ2n) is 5.00. The largest absolute Gasteiger partial charge is 0.493 e. The molecule has 0 saturated heterocycles. The normalized spacial score (nSPS) is 10.5. The van der Waals surface area contributed by atoms with Crippen molar-refractivity contribution in [2.24, 2.45) is 0 Å². The van der Waals surface area contributed by atoms with Gasteiger partial charge in [0.2, 0.25) is 0 Å². The number of ether oxygens (including phenoxy) is 2. The van der Waals surface area contributed by atoms with Crippen LogP contribution in [0.2, 0.25) is 0 Å². The Morgan fingerprint density at radius 1 is 1.04 bits per heavy atom. The minimum absolute atomic E-state index is 0.202. The number of carbonyl (C=O) groups excluding carboxylic acids is 1. The third kappa shape index (κ3) is 3.13. The molecule has 0 fully saturated rings. The molecule has 0 atom stereocenters. The smallest absolute Gasteiger partial charge is 0.251 e. The molecule has 0 unspecified atom stereocenters. The standard InChI is InChI=1S/C18H17NO4/c1-21-16-8-7-13(10-17(16)22-2)18(20)19-11-14-9-12-5-3-4-6-15(12)23-14/h3-10H,11H2,1-2H3,(H,19,20). The van der Waals surface area contributed by atoms with Crippen molar-refractivity contribution in [3.8, 4) is 11.5 Å². The summed E-state index contributed by atoms with van der Waals surface area (Å²) in [4.78, 5) is 12.3. The van der Waals surface area contributed by atoms with Crippen LogP contribution in [0.1, 0.15) is 16.1 Å². The molecule has 118 valence electrons. The number of amides is 1. The zero-order valence-electron chi connectivity index (χ0n) is 13.0. The Hall–Kier alpha value is -2.95. The lowest BCUT2D eigenvalue weighted by Gasteiger charge is -2.09. The van der Waals surface area contributed by atoms with Gasteiger partial charge in [-0.3, -0.25) is 4.79 Å². The Bertz CT molecular complexity index is 805. The first kappa shape index (κ1) is 15.0. The number of methoxy groups -OCH3 is 2. The lowest BCUT2D eigenvalue weighted by atomic mass is 10.2. The van der Waals surface area contributed by atoms with Gasteiger partial charge in [-0.2, -0.15) is 0 Å². The van der Waals surface area contributed by atoms with Crippen LogP contribution < -0.4 is 14.8 Å². The number of hydrogen-bond donors (Lipinski definition) is 1. The van der Waals surface area contributed by atoms with E-state index in [-0.39, 0.29) is 5.91 Å². The van der Waals surface area contributed by atoms with Gasteiger partial charge in [-0.15, -0.1) is 0 Å². The molecule has 0 aliphatic rings. The Labute approximate surface area is 133 Å². The fourth-order valence-corrected chi connectivity index (χ4v) is 2.37. The summed E-state index contributed by atoms with van der Waals surface area (Å²) in [5.41, 5.74) is 1.31. The van der Waals surface area contributed by atoms with Crippen molar-refractivity contribution in [2.45, 2.75) is 6.54 Å². The van der Waals surface area contributed by atoms with Crippen molar-refractivity contribution in [3.05, 3.63) is 59.9 Å². The minimum Gasteiger partial charge on any atom is -0.493 e. The molecule has 1 aromatic heterocycles. The first-order valence-electron chi connectivity index (χ1n) is 7.19. The topological polar surface area (TPSA) is 60.7 Å². The maximum absolute atomic E-state index is 12.3. The van der Waals surface area contributed by atoms with Gasteiger partial charge in [0.05, 0.1) is 20.8 Å². The number of nitrogens with one attached hydrogen (secondary N) is 1. The molecule has 0 aliphatic heterocycles. The molecule has 1 heterocycles. The number of carbonyl (C=O) groups is 1. The predicted octanol–water partition coefficient (Wildman–Crippen LogP) is 3.38. The van der Waals surface area contributed by atoms with Crippen LogP contribution in [-0.2, 0) is 6.54 Å². The van der Waals surface area contributed by atoms with Crippen LogP contribution in [0.4, 0.5) is 0 Å². The summed E-state index contributed by atoms with van der Waals surface area (Å²) in [5.74, 6) is 1.61. The highest BCUT2D eigenvalue weighted by molar-refractivity contribution is 5.94. The van der Waals surface area contributed by atoms with Gasteiger partial charge < -0.3 is 19.2 Å². The van der Waals surface area contributed by atoms with Crippen molar-refractivity contribution in [1.29, 1.82) is 0 Å². The van der Waals surface area contributed by atoms with E-state index >= 15 is 0 Å². The summed E-state index contributed by atoms with van der Waals surface area (Å²) < 4.78 is 16.0. The summed E-state index contributed by atoms with van der Waals surface area (Å²) >= 11 is 0. The van der Waals surface area contributed by atoms with Gasteiger partial charge in [-0.05, 0) is 30.3 Å². The van der Waals surface area contributed by atoms with Gasteiger partial charge in [0.1, 0.15) is 11.3 Å². The van der Waals surface area contributed by atoms with Crippen LogP contribution >= 0.6 is 0 Å². The van der Waals surface area contributed by atoms with Crippen LogP contribution in [0, 0.1) is 0 Å². The molecule has 3 rings (SSSR count). The number of furan rings is 1. The molecule has 1 N–H and O–H groups in total. The van der Waals surface area contributed by atoms with E-state index in [2.05, 4.69) is 5.32 Å². The maximum Gasteiger partial charge on any atom is 0.251 e. The predicted molar refractivity (Wildman–Crippen MR) is 86.9 cm³/mol. The molecule has 0 spiro atoms. The van der Waals surface area contributed by atoms with E-state index in [0.717, 1.165) is 11.0 Å².